The van der Waals surface area contributed by atoms with E-state index in [1.165, 1.54) is 0 Å². The van der Waals surface area contributed by atoms with Crippen LogP contribution in [0.25, 0.3) is 0 Å². The molecule has 0 aromatic heterocycles. The Morgan fingerprint density at radius 3 is 2.73 bits per heavy atom. The van der Waals surface area contributed by atoms with E-state index >= 15 is 0 Å². The number of nitrogens with two attached hydrogens (primary N) is 1. The van der Waals surface area contributed by atoms with Crippen molar-refractivity contribution < 1.29 is 13.9 Å². The lowest BCUT2D eigenvalue weighted by Gasteiger charge is -2.19. The zero-order valence-corrected chi connectivity index (χ0v) is 8.41. The van der Waals surface area contributed by atoms with E-state index in [1.807, 2.05) is 0 Å². The molecule has 0 spiro atoms. The normalized spacial score (nSPS) is 16.1. The van der Waals surface area contributed by atoms with Gasteiger partial charge >= 0.3 is 0 Å². The van der Waals surface area contributed by atoms with Crippen LogP contribution in [0.3, 0.4) is 0 Å². The van der Waals surface area contributed by atoms with Crippen molar-refractivity contribution in [1.29, 1.82) is 0 Å². The minimum atomic E-state index is -1.02. The van der Waals surface area contributed by atoms with E-state index in [4.69, 9.17) is 15.2 Å². The van der Waals surface area contributed by atoms with Crippen LogP contribution in [0.5, 0.6) is 11.5 Å². The Morgan fingerprint density at radius 1 is 1.27 bits per heavy atom. The average Bonchev–Trinajstić information content (AvgIpc) is 2.29. The summed E-state index contributed by atoms with van der Waals surface area (Å²) in [7, 11) is 0. The number of benzene rings is 1. The van der Waals surface area contributed by atoms with Gasteiger partial charge in [0, 0.05) is 0 Å². The van der Waals surface area contributed by atoms with Crippen molar-refractivity contribution in [2.45, 2.75) is 12.6 Å². The molecule has 15 heavy (non-hydrogen) atoms. The van der Waals surface area contributed by atoms with E-state index in [0.717, 1.165) is 0 Å². The third-order valence-electron chi connectivity index (χ3n) is 2.35. The molecule has 2 N–H and O–H groups in total. The SMILES string of the molecule is NCCC(F)c1ccc2c(c1)OCCO2. The van der Waals surface area contributed by atoms with Crippen LogP contribution in [-0.4, -0.2) is 19.8 Å². The van der Waals surface area contributed by atoms with Gasteiger partial charge in [-0.3, -0.25) is 0 Å². The van der Waals surface area contributed by atoms with Gasteiger partial charge < -0.3 is 15.2 Å². The van der Waals surface area contributed by atoms with Crippen LogP contribution < -0.4 is 15.2 Å². The molecule has 0 saturated heterocycles. The summed E-state index contributed by atoms with van der Waals surface area (Å²) in [6.07, 6.45) is -0.689. The first-order valence-electron chi connectivity index (χ1n) is 5.05. The molecule has 1 unspecified atom stereocenters. The molecule has 1 aliphatic rings. The Bertz CT molecular complexity index is 343. The van der Waals surface area contributed by atoms with E-state index in [2.05, 4.69) is 0 Å². The fraction of sp³-hybridized carbons (Fsp3) is 0.455. The van der Waals surface area contributed by atoms with E-state index < -0.39 is 6.17 Å². The summed E-state index contributed by atoms with van der Waals surface area (Å²) in [5.41, 5.74) is 5.91. The highest BCUT2D eigenvalue weighted by molar-refractivity contribution is 5.44. The molecule has 0 aliphatic carbocycles. The van der Waals surface area contributed by atoms with Gasteiger partial charge in [-0.2, -0.15) is 0 Å². The lowest BCUT2D eigenvalue weighted by molar-refractivity contribution is 0.171. The van der Waals surface area contributed by atoms with E-state index in [1.54, 1.807) is 18.2 Å². The Kier molecular flexibility index (Phi) is 3.06. The van der Waals surface area contributed by atoms with Gasteiger partial charge in [0.05, 0.1) is 0 Å². The lowest BCUT2D eigenvalue weighted by atomic mass is 10.1. The van der Waals surface area contributed by atoms with Gasteiger partial charge in [-0.05, 0) is 30.7 Å². The van der Waals surface area contributed by atoms with Gasteiger partial charge in [0.1, 0.15) is 19.4 Å². The van der Waals surface area contributed by atoms with Gasteiger partial charge in [0.25, 0.3) is 0 Å². The monoisotopic (exact) mass is 211 g/mol. The molecule has 1 aromatic rings. The number of hydrogen-bond acceptors (Lipinski definition) is 3. The molecule has 0 saturated carbocycles. The second-order valence-corrected chi connectivity index (χ2v) is 3.45. The molecule has 2 rings (SSSR count). The summed E-state index contributed by atoms with van der Waals surface area (Å²) in [6.45, 7) is 1.41. The molecular weight excluding hydrogens is 197 g/mol. The van der Waals surface area contributed by atoms with Crippen LogP contribution in [0.2, 0.25) is 0 Å². The van der Waals surface area contributed by atoms with Crippen LogP contribution in [0, 0.1) is 0 Å². The van der Waals surface area contributed by atoms with Gasteiger partial charge in [-0.25, -0.2) is 4.39 Å². The van der Waals surface area contributed by atoms with Gasteiger partial charge in [0.15, 0.2) is 11.5 Å². The summed E-state index contributed by atoms with van der Waals surface area (Å²) in [4.78, 5) is 0. The third-order valence-corrected chi connectivity index (χ3v) is 2.35. The maximum absolute atomic E-state index is 13.5. The van der Waals surface area contributed by atoms with Gasteiger partial charge in [-0.1, -0.05) is 6.07 Å². The number of rotatable bonds is 3. The van der Waals surface area contributed by atoms with Crippen LogP contribution in [0.15, 0.2) is 18.2 Å². The molecular formula is C11H14FNO2. The van der Waals surface area contributed by atoms with Crippen molar-refractivity contribution in [2.24, 2.45) is 5.73 Å². The minimum Gasteiger partial charge on any atom is -0.486 e. The van der Waals surface area contributed by atoms with Crippen molar-refractivity contribution in [2.75, 3.05) is 19.8 Å². The Morgan fingerprint density at radius 2 is 2.00 bits per heavy atom. The summed E-state index contributed by atoms with van der Waals surface area (Å²) < 4.78 is 24.2. The molecule has 0 fully saturated rings. The molecule has 3 nitrogen and oxygen atoms in total. The van der Waals surface area contributed by atoms with Gasteiger partial charge in [-0.15, -0.1) is 0 Å². The van der Waals surface area contributed by atoms with Crippen LogP contribution in [-0.2, 0) is 0 Å². The number of ether oxygens (including phenoxy) is 2. The quantitative estimate of drug-likeness (QED) is 0.829. The van der Waals surface area contributed by atoms with E-state index in [0.29, 0.717) is 43.2 Å². The topological polar surface area (TPSA) is 44.5 Å². The molecule has 1 aromatic carbocycles. The zero-order chi connectivity index (χ0) is 10.7. The zero-order valence-electron chi connectivity index (χ0n) is 8.41. The second-order valence-electron chi connectivity index (χ2n) is 3.45. The van der Waals surface area contributed by atoms with Crippen molar-refractivity contribution in [1.82, 2.24) is 0 Å². The summed E-state index contributed by atoms with van der Waals surface area (Å²) in [5.74, 6) is 1.31. The highest BCUT2D eigenvalue weighted by Crippen LogP contribution is 2.34. The number of halogens is 1. The maximum atomic E-state index is 13.5. The molecule has 82 valence electrons. The highest BCUT2D eigenvalue weighted by Gasteiger charge is 2.15. The molecule has 1 heterocycles. The number of alkyl halides is 1. The molecule has 0 amide bonds. The largest absolute Gasteiger partial charge is 0.486 e. The van der Waals surface area contributed by atoms with Crippen LogP contribution in [0.1, 0.15) is 18.2 Å². The predicted octanol–water partition coefficient (Wildman–Crippen LogP) is 1.82. The van der Waals surface area contributed by atoms with E-state index in [9.17, 15) is 4.39 Å². The number of fused-ring (bicyclic) bond motifs is 1. The highest BCUT2D eigenvalue weighted by atomic mass is 19.1. The smallest absolute Gasteiger partial charge is 0.161 e. The fourth-order valence-corrected chi connectivity index (χ4v) is 1.57. The average molecular weight is 211 g/mol. The van der Waals surface area contributed by atoms with Crippen LogP contribution in [0.4, 0.5) is 4.39 Å². The van der Waals surface area contributed by atoms with Crippen LogP contribution >= 0.6 is 0 Å². The van der Waals surface area contributed by atoms with Crippen molar-refractivity contribution in [3.8, 4) is 11.5 Å². The third kappa shape index (κ3) is 2.21. The summed E-state index contributed by atoms with van der Waals surface area (Å²) >= 11 is 0. The standard InChI is InChI=1S/C11H14FNO2/c12-9(3-4-13)8-1-2-10-11(7-8)15-6-5-14-10/h1-2,7,9H,3-6,13H2. The van der Waals surface area contributed by atoms with Gasteiger partial charge in [0.2, 0.25) is 0 Å². The van der Waals surface area contributed by atoms with E-state index in [-0.39, 0.29) is 0 Å². The predicted molar refractivity (Wildman–Crippen MR) is 55.0 cm³/mol. The Balaban J connectivity index is 2.20. The first kappa shape index (κ1) is 10.2. The van der Waals surface area contributed by atoms with Crippen molar-refractivity contribution >= 4 is 0 Å². The second kappa shape index (κ2) is 4.49. The minimum absolute atomic E-state index is 0.333. The van der Waals surface area contributed by atoms with Crippen molar-refractivity contribution in [3.63, 3.8) is 0 Å². The number of hydrogen-bond donors (Lipinski definition) is 1. The summed E-state index contributed by atoms with van der Waals surface area (Å²) in [5, 5.41) is 0. The maximum Gasteiger partial charge on any atom is 0.161 e. The Hall–Kier alpha value is -1.29. The molecule has 1 aliphatic heterocycles. The first-order valence-corrected chi connectivity index (χ1v) is 5.05. The lowest BCUT2D eigenvalue weighted by Crippen LogP contribution is -2.15. The molecule has 0 bridgehead atoms. The molecule has 0 radical (unpaired) electrons. The Labute approximate surface area is 88.0 Å². The summed E-state index contributed by atoms with van der Waals surface area (Å²) in [6, 6.07) is 5.15. The molecule has 1 atom stereocenters. The fourth-order valence-electron chi connectivity index (χ4n) is 1.57. The van der Waals surface area contributed by atoms with Crippen molar-refractivity contribution in [3.05, 3.63) is 23.8 Å². The molecule has 4 heteroatoms. The first-order chi connectivity index (χ1) is 7.31.